The van der Waals surface area contributed by atoms with Gasteiger partial charge in [0.1, 0.15) is 17.5 Å². The molecule has 4 aromatic carbocycles. The van der Waals surface area contributed by atoms with Crippen LogP contribution in [0.4, 0.5) is 13.2 Å². The van der Waals surface area contributed by atoms with Gasteiger partial charge in [0, 0.05) is 32.8 Å². The van der Waals surface area contributed by atoms with E-state index in [1.807, 2.05) is 0 Å². The quantitative estimate of drug-likeness (QED) is 0.264. The van der Waals surface area contributed by atoms with Crippen LogP contribution in [0.2, 0.25) is 20.1 Å². The molecule has 0 saturated carbocycles. The minimum Gasteiger partial charge on any atom is -0.206 e. The first-order valence-corrected chi connectivity index (χ1v) is 10.5. The molecule has 0 aliphatic rings. The van der Waals surface area contributed by atoms with Gasteiger partial charge in [-0.3, -0.25) is 0 Å². The summed E-state index contributed by atoms with van der Waals surface area (Å²) in [5.41, 5.74) is 0.232. The van der Waals surface area contributed by atoms with Crippen molar-refractivity contribution in [3.05, 3.63) is 104 Å². The Morgan fingerprint density at radius 1 is 0.419 bits per heavy atom. The monoisotopic (exact) mass is 496 g/mol. The minimum atomic E-state index is -0.844. The van der Waals surface area contributed by atoms with Gasteiger partial charge in [-0.1, -0.05) is 76.7 Å². The van der Waals surface area contributed by atoms with Gasteiger partial charge >= 0.3 is 0 Å². The van der Waals surface area contributed by atoms with Gasteiger partial charge in [0.15, 0.2) is 0 Å². The molecule has 0 atom stereocenters. The highest BCUT2D eigenvalue weighted by Crippen LogP contribution is 2.51. The van der Waals surface area contributed by atoms with E-state index < -0.39 is 17.5 Å². The Bertz CT molecular complexity index is 1200. The van der Waals surface area contributed by atoms with E-state index in [2.05, 4.69) is 0 Å². The number of hydrogen-bond donors (Lipinski definition) is 0. The predicted molar refractivity (Wildman–Crippen MR) is 123 cm³/mol. The number of benzene rings is 4. The Morgan fingerprint density at radius 3 is 1.48 bits per heavy atom. The fraction of sp³-hybridized carbons (Fsp3) is 0. The highest BCUT2D eigenvalue weighted by Gasteiger charge is 2.27. The molecule has 0 fully saturated rings. The standard InChI is InChI=1S/C24H11Cl4F3/c25-13-6-2-1-5-12(13)20-22(21-14(26)7-3-8-17(21)29)15(27)11-16(28)23(20)24-18(30)9-4-10-19(24)31/h1-11H. The van der Waals surface area contributed by atoms with E-state index in [-0.39, 0.29) is 47.9 Å². The average Bonchev–Trinajstić information content (AvgIpc) is 2.71. The maximum atomic E-state index is 14.9. The highest BCUT2D eigenvalue weighted by atomic mass is 35.5. The van der Waals surface area contributed by atoms with Crippen LogP contribution >= 0.6 is 46.4 Å². The molecule has 0 nitrogen and oxygen atoms in total. The molecule has 0 spiro atoms. The minimum absolute atomic E-state index is 0.0101. The maximum Gasteiger partial charge on any atom is 0.134 e. The molecule has 4 aromatic rings. The van der Waals surface area contributed by atoms with Crippen molar-refractivity contribution in [1.82, 2.24) is 0 Å². The van der Waals surface area contributed by atoms with Crippen LogP contribution < -0.4 is 0 Å². The smallest absolute Gasteiger partial charge is 0.134 e. The summed E-state index contributed by atoms with van der Waals surface area (Å²) >= 11 is 25.7. The highest BCUT2D eigenvalue weighted by molar-refractivity contribution is 6.42. The van der Waals surface area contributed by atoms with Crippen molar-refractivity contribution in [3.8, 4) is 33.4 Å². The largest absolute Gasteiger partial charge is 0.206 e. The van der Waals surface area contributed by atoms with Crippen LogP contribution in [-0.4, -0.2) is 0 Å². The zero-order chi connectivity index (χ0) is 22.3. The van der Waals surface area contributed by atoms with E-state index in [0.717, 1.165) is 12.1 Å². The van der Waals surface area contributed by atoms with Gasteiger partial charge in [-0.15, -0.1) is 0 Å². The van der Waals surface area contributed by atoms with Crippen LogP contribution in [0, 0.1) is 17.5 Å². The lowest BCUT2D eigenvalue weighted by atomic mass is 9.86. The van der Waals surface area contributed by atoms with Crippen molar-refractivity contribution < 1.29 is 13.2 Å². The molecule has 0 radical (unpaired) electrons. The Balaban J connectivity index is 2.27. The van der Waals surface area contributed by atoms with Crippen molar-refractivity contribution >= 4 is 46.4 Å². The molecule has 0 amide bonds. The molecule has 7 heteroatoms. The van der Waals surface area contributed by atoms with Crippen molar-refractivity contribution in [2.75, 3.05) is 0 Å². The molecule has 156 valence electrons. The summed E-state index contributed by atoms with van der Waals surface area (Å²) in [6.45, 7) is 0. The Hall–Kier alpha value is -2.17. The van der Waals surface area contributed by atoms with E-state index in [0.29, 0.717) is 5.56 Å². The second kappa shape index (κ2) is 8.76. The van der Waals surface area contributed by atoms with Gasteiger partial charge in [0.25, 0.3) is 0 Å². The lowest BCUT2D eigenvalue weighted by Crippen LogP contribution is -1.99. The first kappa shape index (κ1) is 22.0. The number of rotatable bonds is 3. The fourth-order valence-corrected chi connectivity index (χ4v) is 4.65. The van der Waals surface area contributed by atoms with Gasteiger partial charge in [-0.05, 0) is 36.4 Å². The second-order valence-corrected chi connectivity index (χ2v) is 8.27. The van der Waals surface area contributed by atoms with E-state index >= 15 is 0 Å². The molecular formula is C24H11Cl4F3. The van der Waals surface area contributed by atoms with Gasteiger partial charge in [-0.2, -0.15) is 0 Å². The van der Waals surface area contributed by atoms with E-state index in [9.17, 15) is 13.2 Å². The first-order valence-electron chi connectivity index (χ1n) is 8.97. The third kappa shape index (κ3) is 3.92. The first-order chi connectivity index (χ1) is 14.8. The fourth-order valence-electron chi connectivity index (χ4n) is 3.51. The van der Waals surface area contributed by atoms with E-state index in [1.54, 1.807) is 24.3 Å². The van der Waals surface area contributed by atoms with Crippen LogP contribution in [-0.2, 0) is 0 Å². The summed E-state index contributed by atoms with van der Waals surface area (Å²) in [5, 5.41) is 0.345. The summed E-state index contributed by atoms with van der Waals surface area (Å²) in [7, 11) is 0. The van der Waals surface area contributed by atoms with Crippen molar-refractivity contribution in [2.24, 2.45) is 0 Å². The zero-order valence-corrected chi connectivity index (χ0v) is 18.5. The lowest BCUT2D eigenvalue weighted by molar-refractivity contribution is 0.590. The van der Waals surface area contributed by atoms with E-state index in [4.69, 9.17) is 46.4 Å². The molecule has 31 heavy (non-hydrogen) atoms. The Morgan fingerprint density at radius 2 is 0.903 bits per heavy atom. The molecule has 0 aromatic heterocycles. The van der Waals surface area contributed by atoms with Crippen LogP contribution in [0.3, 0.4) is 0 Å². The van der Waals surface area contributed by atoms with Crippen LogP contribution in [0.15, 0.2) is 66.7 Å². The van der Waals surface area contributed by atoms with Gasteiger partial charge in [-0.25, -0.2) is 13.2 Å². The van der Waals surface area contributed by atoms with Crippen molar-refractivity contribution in [3.63, 3.8) is 0 Å². The van der Waals surface area contributed by atoms with Gasteiger partial charge < -0.3 is 0 Å². The molecule has 0 saturated heterocycles. The van der Waals surface area contributed by atoms with Crippen LogP contribution in [0.1, 0.15) is 0 Å². The summed E-state index contributed by atoms with van der Waals surface area (Å²) in [5.74, 6) is -2.35. The molecule has 0 heterocycles. The normalized spacial score (nSPS) is 11.1. The Labute approximate surface area is 196 Å². The molecular weight excluding hydrogens is 487 g/mol. The molecule has 4 rings (SSSR count). The summed E-state index contributed by atoms with van der Waals surface area (Å²) in [6, 6.07) is 15.5. The predicted octanol–water partition coefficient (Wildman–Crippen LogP) is 9.72. The third-order valence-electron chi connectivity index (χ3n) is 4.80. The third-order valence-corrected chi connectivity index (χ3v) is 6.04. The van der Waals surface area contributed by atoms with Crippen LogP contribution in [0.5, 0.6) is 0 Å². The lowest BCUT2D eigenvalue weighted by Gasteiger charge is -2.21. The molecule has 0 aliphatic heterocycles. The van der Waals surface area contributed by atoms with Gasteiger partial charge in [0.2, 0.25) is 0 Å². The van der Waals surface area contributed by atoms with Gasteiger partial charge in [0.05, 0.1) is 20.6 Å². The molecule has 0 aliphatic carbocycles. The Kier molecular flexibility index (Phi) is 6.23. The zero-order valence-electron chi connectivity index (χ0n) is 15.5. The maximum absolute atomic E-state index is 14.9. The average molecular weight is 498 g/mol. The molecule has 0 unspecified atom stereocenters. The SMILES string of the molecule is Fc1cccc(F)c1-c1c(Cl)cc(Cl)c(-c2c(F)cccc2Cl)c1-c1ccccc1Cl. The summed E-state index contributed by atoms with van der Waals surface area (Å²) < 4.78 is 44.6. The number of hydrogen-bond acceptors (Lipinski definition) is 0. The van der Waals surface area contributed by atoms with Crippen molar-refractivity contribution in [1.29, 1.82) is 0 Å². The second-order valence-electron chi connectivity index (χ2n) is 6.64. The van der Waals surface area contributed by atoms with E-state index in [1.165, 1.54) is 30.3 Å². The topological polar surface area (TPSA) is 0 Å². The molecule has 0 bridgehead atoms. The summed E-state index contributed by atoms with van der Waals surface area (Å²) in [4.78, 5) is 0. The number of halogens is 7. The van der Waals surface area contributed by atoms with Crippen molar-refractivity contribution in [2.45, 2.75) is 0 Å². The van der Waals surface area contributed by atoms with Crippen LogP contribution in [0.25, 0.3) is 33.4 Å². The molecule has 0 N–H and O–H groups in total. The summed E-state index contributed by atoms with van der Waals surface area (Å²) in [6.07, 6.45) is 0.